The number of methoxy groups -OCH3 is 1. The Balaban J connectivity index is 1.41. The van der Waals surface area contributed by atoms with Crippen molar-refractivity contribution < 1.29 is 9.47 Å². The van der Waals surface area contributed by atoms with Crippen molar-refractivity contribution in [1.29, 1.82) is 0 Å². The molecular formula is C24H26N4O2. The average molecular weight is 402 g/mol. The second kappa shape index (κ2) is 7.97. The lowest BCUT2D eigenvalue weighted by Gasteiger charge is -2.34. The Morgan fingerprint density at radius 2 is 2.00 bits per heavy atom. The number of aryl methyl sites for hydroxylation is 1. The molecule has 0 aliphatic carbocycles. The molecule has 3 heterocycles. The Labute approximate surface area is 176 Å². The van der Waals surface area contributed by atoms with Crippen molar-refractivity contribution in [3.05, 3.63) is 72.3 Å². The molecule has 0 amide bonds. The molecule has 2 aromatic heterocycles. The van der Waals surface area contributed by atoms with Gasteiger partial charge in [0.25, 0.3) is 0 Å². The molecule has 0 unspecified atom stereocenters. The molecule has 1 saturated heterocycles. The highest BCUT2D eigenvalue weighted by Crippen LogP contribution is 2.29. The lowest BCUT2D eigenvalue weighted by molar-refractivity contribution is -0.0154. The Morgan fingerprint density at radius 1 is 1.17 bits per heavy atom. The van der Waals surface area contributed by atoms with Crippen LogP contribution in [0.1, 0.15) is 17.4 Å². The van der Waals surface area contributed by atoms with E-state index in [1.54, 1.807) is 7.11 Å². The molecule has 0 spiro atoms. The van der Waals surface area contributed by atoms with Crippen LogP contribution >= 0.6 is 0 Å². The maximum Gasteiger partial charge on any atom is 0.126 e. The number of nitrogens with one attached hydrogen (secondary N) is 1. The maximum absolute atomic E-state index is 5.82. The predicted molar refractivity (Wildman–Crippen MR) is 117 cm³/mol. The van der Waals surface area contributed by atoms with Gasteiger partial charge in [0.15, 0.2) is 0 Å². The third-order valence-corrected chi connectivity index (χ3v) is 5.90. The summed E-state index contributed by atoms with van der Waals surface area (Å²) in [4.78, 5) is 10.7. The van der Waals surface area contributed by atoms with Crippen molar-refractivity contribution >= 4 is 10.9 Å². The predicted octanol–water partition coefficient (Wildman–Crippen LogP) is 4.15. The van der Waals surface area contributed by atoms with Crippen LogP contribution in [0.25, 0.3) is 22.2 Å². The molecule has 4 aromatic rings. The number of para-hydroxylation sites is 1. The smallest absolute Gasteiger partial charge is 0.126 e. The van der Waals surface area contributed by atoms with Gasteiger partial charge in [-0.15, -0.1) is 0 Å². The third kappa shape index (κ3) is 3.49. The molecule has 1 N–H and O–H groups in total. The summed E-state index contributed by atoms with van der Waals surface area (Å²) >= 11 is 0. The molecule has 0 radical (unpaired) electrons. The van der Waals surface area contributed by atoms with Crippen LogP contribution in [0.3, 0.4) is 0 Å². The number of morpholine rings is 1. The molecule has 0 saturated carbocycles. The number of benzene rings is 2. The summed E-state index contributed by atoms with van der Waals surface area (Å²) in [6.07, 6.45) is 4.14. The van der Waals surface area contributed by atoms with Gasteiger partial charge in [0.1, 0.15) is 11.6 Å². The van der Waals surface area contributed by atoms with Crippen LogP contribution in [0.15, 0.2) is 60.9 Å². The summed E-state index contributed by atoms with van der Waals surface area (Å²) in [6.45, 7) is 3.13. The summed E-state index contributed by atoms with van der Waals surface area (Å²) in [5.74, 6) is 1.79. The number of imidazole rings is 1. The van der Waals surface area contributed by atoms with Crippen molar-refractivity contribution in [3.63, 3.8) is 0 Å². The van der Waals surface area contributed by atoms with Crippen LogP contribution in [-0.4, -0.2) is 46.3 Å². The van der Waals surface area contributed by atoms with E-state index in [4.69, 9.17) is 14.5 Å². The van der Waals surface area contributed by atoms with Gasteiger partial charge in [0.05, 0.1) is 38.3 Å². The van der Waals surface area contributed by atoms with Crippen LogP contribution in [0.4, 0.5) is 0 Å². The fourth-order valence-electron chi connectivity index (χ4n) is 4.27. The molecule has 1 aliphatic heterocycles. The first-order valence-corrected chi connectivity index (χ1v) is 10.3. The summed E-state index contributed by atoms with van der Waals surface area (Å²) in [5.41, 5.74) is 4.69. The minimum Gasteiger partial charge on any atom is -0.497 e. The van der Waals surface area contributed by atoms with Crippen LogP contribution < -0.4 is 4.74 Å². The van der Waals surface area contributed by atoms with Gasteiger partial charge < -0.3 is 19.0 Å². The van der Waals surface area contributed by atoms with E-state index in [2.05, 4.69) is 52.0 Å². The van der Waals surface area contributed by atoms with Gasteiger partial charge in [0, 0.05) is 37.2 Å². The van der Waals surface area contributed by atoms with Crippen LogP contribution in [-0.2, 0) is 18.3 Å². The zero-order valence-corrected chi connectivity index (χ0v) is 17.3. The van der Waals surface area contributed by atoms with Crippen LogP contribution in [0.5, 0.6) is 5.75 Å². The van der Waals surface area contributed by atoms with Crippen molar-refractivity contribution in [2.45, 2.75) is 12.6 Å². The zero-order chi connectivity index (χ0) is 20.5. The Hall–Kier alpha value is -3.09. The second-order valence-corrected chi connectivity index (χ2v) is 7.75. The number of aromatic amines is 1. The summed E-state index contributed by atoms with van der Waals surface area (Å²) < 4.78 is 13.3. The summed E-state index contributed by atoms with van der Waals surface area (Å²) in [6, 6.07) is 16.7. The van der Waals surface area contributed by atoms with Gasteiger partial charge in [0.2, 0.25) is 0 Å². The van der Waals surface area contributed by atoms with Gasteiger partial charge in [-0.3, -0.25) is 4.90 Å². The number of fused-ring (bicyclic) bond motifs is 1. The fourth-order valence-corrected chi connectivity index (χ4v) is 4.27. The van der Waals surface area contributed by atoms with E-state index in [0.717, 1.165) is 42.5 Å². The highest BCUT2D eigenvalue weighted by Gasteiger charge is 2.28. The van der Waals surface area contributed by atoms with Crippen LogP contribution in [0.2, 0.25) is 0 Å². The van der Waals surface area contributed by atoms with E-state index in [-0.39, 0.29) is 6.04 Å². The highest BCUT2D eigenvalue weighted by atomic mass is 16.5. The normalized spacial score (nSPS) is 17.5. The standard InChI is InChI=1S/C24H26N4O2/c1-27-14-18(20-5-3-4-6-22(20)27)15-28-11-12-30-16-23(28)24-25-13-21(26-24)17-7-9-19(29-2)10-8-17/h3-10,13-14,23H,11-12,15-16H2,1-2H3,(H,25,26)/t23-/m0/s1. The SMILES string of the molecule is COc1ccc(-c2cnc([C@@H]3COCCN3Cc3cn(C)c4ccccc34)[nH]2)cc1. The van der Waals surface area contributed by atoms with E-state index in [9.17, 15) is 0 Å². The molecule has 154 valence electrons. The second-order valence-electron chi connectivity index (χ2n) is 7.75. The molecular weight excluding hydrogens is 376 g/mol. The van der Waals surface area contributed by atoms with Crippen LogP contribution in [0, 0.1) is 0 Å². The first-order chi connectivity index (χ1) is 14.7. The minimum absolute atomic E-state index is 0.102. The largest absolute Gasteiger partial charge is 0.497 e. The number of nitrogens with zero attached hydrogens (tertiary/aromatic N) is 3. The molecule has 2 aromatic carbocycles. The van der Waals surface area contributed by atoms with Crippen molar-refractivity contribution in [3.8, 4) is 17.0 Å². The van der Waals surface area contributed by atoms with E-state index >= 15 is 0 Å². The molecule has 1 atom stereocenters. The highest BCUT2D eigenvalue weighted by molar-refractivity contribution is 5.83. The first-order valence-electron chi connectivity index (χ1n) is 10.3. The first kappa shape index (κ1) is 18.9. The quantitative estimate of drug-likeness (QED) is 0.545. The topological polar surface area (TPSA) is 55.3 Å². The fraction of sp³-hybridized carbons (Fsp3) is 0.292. The zero-order valence-electron chi connectivity index (χ0n) is 17.3. The Morgan fingerprint density at radius 3 is 2.83 bits per heavy atom. The lowest BCUT2D eigenvalue weighted by Crippen LogP contribution is -2.39. The van der Waals surface area contributed by atoms with Gasteiger partial charge in [-0.25, -0.2) is 4.98 Å². The van der Waals surface area contributed by atoms with E-state index < -0.39 is 0 Å². The summed E-state index contributed by atoms with van der Waals surface area (Å²) in [5, 5.41) is 1.31. The van der Waals surface area contributed by atoms with Gasteiger partial charge in [-0.05, 0) is 41.5 Å². The Bertz CT molecular complexity index is 1150. The number of ether oxygens (including phenoxy) is 2. The van der Waals surface area contributed by atoms with Gasteiger partial charge >= 0.3 is 0 Å². The van der Waals surface area contributed by atoms with Gasteiger partial charge in [-0.2, -0.15) is 0 Å². The lowest BCUT2D eigenvalue weighted by atomic mass is 10.1. The number of H-pyrrole nitrogens is 1. The number of hydrogen-bond acceptors (Lipinski definition) is 4. The van der Waals surface area contributed by atoms with E-state index in [1.165, 1.54) is 16.5 Å². The Kier molecular flexibility index (Phi) is 5.02. The maximum atomic E-state index is 5.82. The van der Waals surface area contributed by atoms with Crippen molar-refractivity contribution in [1.82, 2.24) is 19.4 Å². The molecule has 6 nitrogen and oxygen atoms in total. The molecule has 6 heteroatoms. The summed E-state index contributed by atoms with van der Waals surface area (Å²) in [7, 11) is 3.78. The minimum atomic E-state index is 0.102. The molecule has 0 bridgehead atoms. The molecule has 1 aliphatic rings. The molecule has 5 rings (SSSR count). The molecule has 1 fully saturated rings. The number of hydrogen-bond donors (Lipinski definition) is 1. The van der Waals surface area contributed by atoms with Crippen molar-refractivity contribution in [2.75, 3.05) is 26.9 Å². The number of aromatic nitrogens is 3. The average Bonchev–Trinajstić information content (AvgIpc) is 3.40. The third-order valence-electron chi connectivity index (χ3n) is 5.90. The monoisotopic (exact) mass is 402 g/mol. The van der Waals surface area contributed by atoms with Gasteiger partial charge in [-0.1, -0.05) is 18.2 Å². The number of rotatable bonds is 5. The van der Waals surface area contributed by atoms with Crippen molar-refractivity contribution in [2.24, 2.45) is 7.05 Å². The van der Waals surface area contributed by atoms with E-state index in [1.807, 2.05) is 30.5 Å². The van der Waals surface area contributed by atoms with E-state index in [0.29, 0.717) is 6.61 Å². The molecule has 30 heavy (non-hydrogen) atoms.